The average molecular weight is 287 g/mol. The topological polar surface area (TPSA) is 15.3 Å². The molecule has 1 aliphatic rings. The van der Waals surface area contributed by atoms with Gasteiger partial charge in [-0.2, -0.15) is 0 Å². The van der Waals surface area contributed by atoms with Crippen LogP contribution in [0, 0.1) is 0 Å². The quantitative estimate of drug-likeness (QED) is 0.922. The fourth-order valence-electron chi connectivity index (χ4n) is 2.70. The highest BCUT2D eigenvalue weighted by Crippen LogP contribution is 2.20. The lowest BCUT2D eigenvalue weighted by Gasteiger charge is -2.19. The molecule has 1 heterocycles. The standard InChI is InChI=1S/C17H19ClN2/c18-17-9-5-4-6-14(17)12-19-15-10-11-20(13-15)16-7-2-1-3-8-16/h1-9,15,19H,10-13H2. The van der Waals surface area contributed by atoms with Crippen LogP contribution in [-0.4, -0.2) is 19.1 Å². The van der Waals surface area contributed by atoms with Crippen LogP contribution < -0.4 is 10.2 Å². The third kappa shape index (κ3) is 3.14. The van der Waals surface area contributed by atoms with Gasteiger partial charge in [0.15, 0.2) is 0 Å². The van der Waals surface area contributed by atoms with Gasteiger partial charge in [0.1, 0.15) is 0 Å². The summed E-state index contributed by atoms with van der Waals surface area (Å²) in [5.74, 6) is 0. The van der Waals surface area contributed by atoms with Crippen molar-refractivity contribution >= 4 is 17.3 Å². The zero-order valence-corrected chi connectivity index (χ0v) is 12.2. The van der Waals surface area contributed by atoms with Gasteiger partial charge in [0.2, 0.25) is 0 Å². The Bertz CT molecular complexity index is 556. The van der Waals surface area contributed by atoms with Gasteiger partial charge in [0.05, 0.1) is 0 Å². The van der Waals surface area contributed by atoms with E-state index < -0.39 is 0 Å². The van der Waals surface area contributed by atoms with E-state index in [9.17, 15) is 0 Å². The predicted octanol–water partition coefficient (Wildman–Crippen LogP) is 3.71. The lowest BCUT2D eigenvalue weighted by molar-refractivity contribution is 0.551. The molecule has 1 fully saturated rings. The Morgan fingerprint density at radius 1 is 1.05 bits per heavy atom. The number of benzene rings is 2. The number of hydrogen-bond acceptors (Lipinski definition) is 2. The van der Waals surface area contributed by atoms with E-state index in [1.54, 1.807) is 0 Å². The number of anilines is 1. The molecule has 1 aliphatic heterocycles. The molecule has 0 aliphatic carbocycles. The van der Waals surface area contributed by atoms with Crippen molar-refractivity contribution in [3.8, 4) is 0 Å². The summed E-state index contributed by atoms with van der Waals surface area (Å²) in [6.45, 7) is 3.02. The highest BCUT2D eigenvalue weighted by atomic mass is 35.5. The lowest BCUT2D eigenvalue weighted by Crippen LogP contribution is -2.32. The number of halogens is 1. The zero-order chi connectivity index (χ0) is 13.8. The molecule has 2 nitrogen and oxygen atoms in total. The van der Waals surface area contributed by atoms with Gasteiger partial charge in [-0.1, -0.05) is 48.0 Å². The SMILES string of the molecule is Clc1ccccc1CNC1CCN(c2ccccc2)C1. The minimum absolute atomic E-state index is 0.534. The summed E-state index contributed by atoms with van der Waals surface area (Å²) < 4.78 is 0. The maximum Gasteiger partial charge on any atom is 0.0450 e. The zero-order valence-electron chi connectivity index (χ0n) is 11.4. The molecule has 20 heavy (non-hydrogen) atoms. The number of nitrogens with zero attached hydrogens (tertiary/aromatic N) is 1. The lowest BCUT2D eigenvalue weighted by atomic mass is 10.2. The van der Waals surface area contributed by atoms with Crippen molar-refractivity contribution < 1.29 is 0 Å². The maximum absolute atomic E-state index is 6.18. The second-order valence-electron chi connectivity index (χ2n) is 5.24. The van der Waals surface area contributed by atoms with Gasteiger partial charge < -0.3 is 10.2 Å². The number of hydrogen-bond donors (Lipinski definition) is 1. The molecule has 0 bridgehead atoms. The molecule has 1 saturated heterocycles. The Labute approximate surface area is 125 Å². The highest BCUT2D eigenvalue weighted by Gasteiger charge is 2.22. The van der Waals surface area contributed by atoms with Crippen molar-refractivity contribution in [2.75, 3.05) is 18.0 Å². The van der Waals surface area contributed by atoms with Crippen molar-refractivity contribution in [3.63, 3.8) is 0 Å². The monoisotopic (exact) mass is 286 g/mol. The van der Waals surface area contributed by atoms with E-state index in [0.717, 1.165) is 24.7 Å². The van der Waals surface area contributed by atoms with E-state index in [1.807, 2.05) is 18.2 Å². The Kier molecular flexibility index (Phi) is 4.24. The first-order valence-electron chi connectivity index (χ1n) is 7.10. The number of rotatable bonds is 4. The summed E-state index contributed by atoms with van der Waals surface area (Å²) in [6, 6.07) is 19.2. The third-order valence-electron chi connectivity index (χ3n) is 3.85. The van der Waals surface area contributed by atoms with Crippen LogP contribution in [-0.2, 0) is 6.54 Å². The summed E-state index contributed by atoms with van der Waals surface area (Å²) in [4.78, 5) is 2.43. The molecular weight excluding hydrogens is 268 g/mol. The fraction of sp³-hybridized carbons (Fsp3) is 0.294. The normalized spacial score (nSPS) is 18.4. The Hall–Kier alpha value is -1.51. The van der Waals surface area contributed by atoms with Gasteiger partial charge in [0, 0.05) is 36.4 Å². The molecule has 0 spiro atoms. The van der Waals surface area contributed by atoms with Crippen molar-refractivity contribution in [1.82, 2.24) is 5.32 Å². The molecule has 2 aromatic carbocycles. The Balaban J connectivity index is 1.55. The largest absolute Gasteiger partial charge is 0.370 e. The fourth-order valence-corrected chi connectivity index (χ4v) is 2.90. The minimum Gasteiger partial charge on any atom is -0.370 e. The minimum atomic E-state index is 0.534. The second kappa shape index (κ2) is 6.29. The summed E-state index contributed by atoms with van der Waals surface area (Å²) in [6.07, 6.45) is 1.18. The molecule has 1 N–H and O–H groups in total. The van der Waals surface area contributed by atoms with Gasteiger partial charge >= 0.3 is 0 Å². The van der Waals surface area contributed by atoms with Gasteiger partial charge in [-0.25, -0.2) is 0 Å². The van der Waals surface area contributed by atoms with Crippen molar-refractivity contribution in [1.29, 1.82) is 0 Å². The molecule has 104 valence electrons. The first-order chi connectivity index (χ1) is 9.83. The molecule has 3 rings (SSSR count). The van der Waals surface area contributed by atoms with E-state index in [4.69, 9.17) is 11.6 Å². The van der Waals surface area contributed by atoms with Crippen LogP contribution in [0.5, 0.6) is 0 Å². The Morgan fingerprint density at radius 3 is 2.60 bits per heavy atom. The molecule has 0 aromatic heterocycles. The summed E-state index contributed by atoms with van der Waals surface area (Å²) >= 11 is 6.18. The van der Waals surface area contributed by atoms with Crippen LogP contribution in [0.2, 0.25) is 5.02 Å². The summed E-state index contributed by atoms with van der Waals surface area (Å²) in [7, 11) is 0. The van der Waals surface area contributed by atoms with Crippen molar-refractivity contribution in [2.24, 2.45) is 0 Å². The van der Waals surface area contributed by atoms with E-state index >= 15 is 0 Å². The first kappa shape index (κ1) is 13.5. The number of para-hydroxylation sites is 1. The van der Waals surface area contributed by atoms with E-state index in [2.05, 4.69) is 46.6 Å². The Morgan fingerprint density at radius 2 is 1.80 bits per heavy atom. The van der Waals surface area contributed by atoms with E-state index in [1.165, 1.54) is 17.7 Å². The smallest absolute Gasteiger partial charge is 0.0450 e. The van der Waals surface area contributed by atoms with Gasteiger partial charge in [-0.3, -0.25) is 0 Å². The molecule has 1 unspecified atom stereocenters. The van der Waals surface area contributed by atoms with Crippen LogP contribution in [0.15, 0.2) is 54.6 Å². The van der Waals surface area contributed by atoms with E-state index in [-0.39, 0.29) is 0 Å². The summed E-state index contributed by atoms with van der Waals surface area (Å²) in [5.41, 5.74) is 2.49. The van der Waals surface area contributed by atoms with Gasteiger partial charge in [-0.05, 0) is 30.2 Å². The van der Waals surface area contributed by atoms with Gasteiger partial charge in [-0.15, -0.1) is 0 Å². The van der Waals surface area contributed by atoms with Crippen molar-refractivity contribution in [3.05, 3.63) is 65.2 Å². The molecule has 0 radical (unpaired) electrons. The molecule has 0 amide bonds. The van der Waals surface area contributed by atoms with Crippen LogP contribution >= 0.6 is 11.6 Å². The second-order valence-corrected chi connectivity index (χ2v) is 5.65. The third-order valence-corrected chi connectivity index (χ3v) is 4.22. The van der Waals surface area contributed by atoms with Gasteiger partial charge in [0.25, 0.3) is 0 Å². The van der Waals surface area contributed by atoms with E-state index in [0.29, 0.717) is 6.04 Å². The van der Waals surface area contributed by atoms with Crippen LogP contribution in [0.4, 0.5) is 5.69 Å². The summed E-state index contributed by atoms with van der Waals surface area (Å²) in [5, 5.41) is 4.46. The highest BCUT2D eigenvalue weighted by molar-refractivity contribution is 6.31. The van der Waals surface area contributed by atoms with Crippen LogP contribution in [0.1, 0.15) is 12.0 Å². The molecular formula is C17H19ClN2. The molecule has 1 atom stereocenters. The predicted molar refractivity (Wildman–Crippen MR) is 85.4 cm³/mol. The van der Waals surface area contributed by atoms with Crippen LogP contribution in [0.3, 0.4) is 0 Å². The maximum atomic E-state index is 6.18. The first-order valence-corrected chi connectivity index (χ1v) is 7.47. The molecule has 0 saturated carbocycles. The van der Waals surface area contributed by atoms with Crippen molar-refractivity contribution in [2.45, 2.75) is 19.0 Å². The number of nitrogens with one attached hydrogen (secondary N) is 1. The van der Waals surface area contributed by atoms with Crippen LogP contribution in [0.25, 0.3) is 0 Å². The molecule has 3 heteroatoms. The molecule has 2 aromatic rings. The average Bonchev–Trinajstić information content (AvgIpc) is 2.96.